The molecule has 5 heteroatoms. The molecule has 4 aromatic rings. The molecular formula is C20H16N4O. The third-order valence-electron chi connectivity index (χ3n) is 4.00. The maximum atomic E-state index is 12.5. The number of carbonyl (C=O) groups is 1. The fourth-order valence-corrected chi connectivity index (χ4v) is 2.75. The number of pyridine rings is 1. The highest BCUT2D eigenvalue weighted by Crippen LogP contribution is 2.16. The number of nitrogens with one attached hydrogen (secondary N) is 1. The normalized spacial score (nSPS) is 10.7. The lowest BCUT2D eigenvalue weighted by Gasteiger charge is -2.06. The van der Waals surface area contributed by atoms with Crippen LogP contribution in [0.5, 0.6) is 0 Å². The minimum Gasteiger partial charge on any atom is -0.348 e. The van der Waals surface area contributed by atoms with Crippen LogP contribution < -0.4 is 5.32 Å². The predicted molar refractivity (Wildman–Crippen MR) is 96.5 cm³/mol. The monoisotopic (exact) mass is 328 g/mol. The van der Waals surface area contributed by atoms with Gasteiger partial charge in [0.2, 0.25) is 0 Å². The van der Waals surface area contributed by atoms with E-state index in [1.165, 1.54) is 0 Å². The Morgan fingerprint density at radius 1 is 1.00 bits per heavy atom. The maximum absolute atomic E-state index is 12.5. The van der Waals surface area contributed by atoms with Crippen molar-refractivity contribution in [2.75, 3.05) is 0 Å². The van der Waals surface area contributed by atoms with Crippen molar-refractivity contribution in [2.45, 2.75) is 6.54 Å². The van der Waals surface area contributed by atoms with Crippen LogP contribution in [0.1, 0.15) is 15.9 Å². The predicted octanol–water partition coefficient (Wildman–Crippen LogP) is 3.35. The Labute approximate surface area is 144 Å². The summed E-state index contributed by atoms with van der Waals surface area (Å²) in [6, 6.07) is 19.2. The lowest BCUT2D eigenvalue weighted by molar-refractivity contribution is 0.0952. The van der Waals surface area contributed by atoms with E-state index in [9.17, 15) is 4.79 Å². The number of carbonyl (C=O) groups excluding carboxylic acids is 1. The van der Waals surface area contributed by atoms with E-state index in [-0.39, 0.29) is 5.91 Å². The smallest absolute Gasteiger partial charge is 0.252 e. The van der Waals surface area contributed by atoms with E-state index in [0.717, 1.165) is 22.2 Å². The number of rotatable bonds is 4. The van der Waals surface area contributed by atoms with Gasteiger partial charge in [-0.2, -0.15) is 5.10 Å². The summed E-state index contributed by atoms with van der Waals surface area (Å²) in [5, 5.41) is 8.14. The molecule has 0 aliphatic heterocycles. The molecule has 2 heterocycles. The van der Waals surface area contributed by atoms with Crippen LogP contribution in [0.3, 0.4) is 0 Å². The number of benzene rings is 2. The molecular weight excluding hydrogens is 312 g/mol. The minimum atomic E-state index is -0.119. The van der Waals surface area contributed by atoms with Crippen molar-refractivity contribution in [1.29, 1.82) is 0 Å². The van der Waals surface area contributed by atoms with E-state index in [1.54, 1.807) is 17.1 Å². The van der Waals surface area contributed by atoms with Crippen LogP contribution in [-0.4, -0.2) is 20.7 Å². The zero-order chi connectivity index (χ0) is 17.1. The van der Waals surface area contributed by atoms with E-state index >= 15 is 0 Å². The van der Waals surface area contributed by atoms with Gasteiger partial charge in [0.25, 0.3) is 5.91 Å². The van der Waals surface area contributed by atoms with Crippen LogP contribution in [0.25, 0.3) is 16.6 Å². The Morgan fingerprint density at radius 2 is 1.88 bits per heavy atom. The molecule has 1 amide bonds. The molecule has 0 unspecified atom stereocenters. The fourth-order valence-electron chi connectivity index (χ4n) is 2.75. The molecule has 0 bridgehead atoms. The highest BCUT2D eigenvalue weighted by molar-refractivity contribution is 6.06. The van der Waals surface area contributed by atoms with Gasteiger partial charge in [0.15, 0.2) is 0 Å². The summed E-state index contributed by atoms with van der Waals surface area (Å²) >= 11 is 0. The van der Waals surface area contributed by atoms with Crippen LogP contribution in [0.2, 0.25) is 0 Å². The number of hydrogen-bond acceptors (Lipinski definition) is 3. The van der Waals surface area contributed by atoms with Crippen molar-refractivity contribution in [1.82, 2.24) is 20.1 Å². The second-order valence-corrected chi connectivity index (χ2v) is 5.69. The lowest BCUT2D eigenvalue weighted by atomic mass is 10.1. The van der Waals surface area contributed by atoms with Gasteiger partial charge in [0.05, 0.1) is 17.4 Å². The molecule has 122 valence electrons. The zero-order valence-electron chi connectivity index (χ0n) is 13.5. The van der Waals surface area contributed by atoms with Gasteiger partial charge in [-0.3, -0.25) is 9.78 Å². The Hall–Kier alpha value is -3.47. The number of aromatic nitrogens is 3. The van der Waals surface area contributed by atoms with Gasteiger partial charge in [-0.1, -0.05) is 30.3 Å². The lowest BCUT2D eigenvalue weighted by Crippen LogP contribution is -2.22. The molecule has 25 heavy (non-hydrogen) atoms. The molecule has 0 atom stereocenters. The van der Waals surface area contributed by atoms with Crippen molar-refractivity contribution < 1.29 is 4.79 Å². The Bertz CT molecular complexity index is 1020. The van der Waals surface area contributed by atoms with E-state index < -0.39 is 0 Å². The molecule has 0 aliphatic rings. The van der Waals surface area contributed by atoms with Gasteiger partial charge in [-0.05, 0) is 30.3 Å². The van der Waals surface area contributed by atoms with Gasteiger partial charge in [0, 0.05) is 35.5 Å². The molecule has 4 rings (SSSR count). The van der Waals surface area contributed by atoms with E-state index in [1.807, 2.05) is 66.9 Å². The van der Waals surface area contributed by atoms with Crippen molar-refractivity contribution in [3.8, 4) is 5.69 Å². The summed E-state index contributed by atoms with van der Waals surface area (Å²) in [5.74, 6) is -0.119. The van der Waals surface area contributed by atoms with Gasteiger partial charge in [-0.25, -0.2) is 4.68 Å². The van der Waals surface area contributed by atoms with Crippen LogP contribution in [0, 0.1) is 0 Å². The van der Waals surface area contributed by atoms with E-state index in [4.69, 9.17) is 0 Å². The van der Waals surface area contributed by atoms with Crippen LogP contribution in [0.15, 0.2) is 79.3 Å². The number of fused-ring (bicyclic) bond motifs is 1. The summed E-state index contributed by atoms with van der Waals surface area (Å²) in [5.41, 5.74) is 3.36. The zero-order valence-corrected chi connectivity index (χ0v) is 13.5. The first kappa shape index (κ1) is 15.1. The summed E-state index contributed by atoms with van der Waals surface area (Å²) in [6.45, 7) is 0.419. The molecule has 0 saturated carbocycles. The van der Waals surface area contributed by atoms with Crippen LogP contribution in [0.4, 0.5) is 0 Å². The van der Waals surface area contributed by atoms with Gasteiger partial charge in [-0.15, -0.1) is 0 Å². The first-order valence-electron chi connectivity index (χ1n) is 8.02. The third kappa shape index (κ3) is 3.12. The molecule has 0 radical (unpaired) electrons. The minimum absolute atomic E-state index is 0.119. The molecule has 2 aromatic carbocycles. The maximum Gasteiger partial charge on any atom is 0.252 e. The molecule has 2 aromatic heterocycles. The van der Waals surface area contributed by atoms with Crippen LogP contribution in [-0.2, 0) is 6.54 Å². The average molecular weight is 328 g/mol. The second kappa shape index (κ2) is 6.57. The number of amides is 1. The van der Waals surface area contributed by atoms with Crippen molar-refractivity contribution in [3.05, 3.63) is 90.4 Å². The first-order chi connectivity index (χ1) is 12.3. The Morgan fingerprint density at radius 3 is 2.76 bits per heavy atom. The fraction of sp³-hybridized carbons (Fsp3) is 0.0500. The Kier molecular flexibility index (Phi) is 3.96. The van der Waals surface area contributed by atoms with Gasteiger partial charge in [0.1, 0.15) is 0 Å². The molecule has 1 N–H and O–H groups in total. The largest absolute Gasteiger partial charge is 0.348 e. The summed E-state index contributed by atoms with van der Waals surface area (Å²) < 4.78 is 1.79. The average Bonchev–Trinajstić information content (AvgIpc) is 3.15. The molecule has 0 spiro atoms. The highest BCUT2D eigenvalue weighted by Gasteiger charge is 2.10. The van der Waals surface area contributed by atoms with E-state index in [2.05, 4.69) is 15.4 Å². The standard InChI is InChI=1S/C20H16N4O/c25-20(18-8-4-10-19-17(18)9-5-11-21-19)22-12-15-13-23-24(14-15)16-6-2-1-3-7-16/h1-11,13-14H,12H2,(H,22,25). The van der Waals surface area contributed by atoms with E-state index in [0.29, 0.717) is 12.1 Å². The summed E-state index contributed by atoms with van der Waals surface area (Å²) in [6.07, 6.45) is 5.40. The van der Waals surface area contributed by atoms with Crippen LogP contribution >= 0.6 is 0 Å². The van der Waals surface area contributed by atoms with Crippen molar-refractivity contribution in [2.24, 2.45) is 0 Å². The first-order valence-corrected chi connectivity index (χ1v) is 8.02. The third-order valence-corrected chi connectivity index (χ3v) is 4.00. The molecule has 0 fully saturated rings. The van der Waals surface area contributed by atoms with Gasteiger partial charge >= 0.3 is 0 Å². The van der Waals surface area contributed by atoms with Crippen molar-refractivity contribution in [3.63, 3.8) is 0 Å². The Balaban J connectivity index is 1.50. The molecule has 5 nitrogen and oxygen atoms in total. The molecule has 0 saturated heterocycles. The summed E-state index contributed by atoms with van der Waals surface area (Å²) in [7, 11) is 0. The topological polar surface area (TPSA) is 59.8 Å². The number of nitrogens with zero attached hydrogens (tertiary/aromatic N) is 3. The highest BCUT2D eigenvalue weighted by atomic mass is 16.1. The summed E-state index contributed by atoms with van der Waals surface area (Å²) in [4.78, 5) is 16.8. The number of hydrogen-bond donors (Lipinski definition) is 1. The molecule has 0 aliphatic carbocycles. The van der Waals surface area contributed by atoms with Crippen molar-refractivity contribution >= 4 is 16.8 Å². The van der Waals surface area contributed by atoms with Gasteiger partial charge < -0.3 is 5.32 Å². The SMILES string of the molecule is O=C(NCc1cnn(-c2ccccc2)c1)c1cccc2ncccc12. The quantitative estimate of drug-likeness (QED) is 0.625. The second-order valence-electron chi connectivity index (χ2n) is 5.69. The number of para-hydroxylation sites is 1.